The van der Waals surface area contributed by atoms with Crippen molar-refractivity contribution >= 4 is 12.2 Å². The van der Waals surface area contributed by atoms with Gasteiger partial charge in [-0.15, -0.1) is 0 Å². The monoisotopic (exact) mass is 293 g/mol. The average molecular weight is 293 g/mol. The van der Waals surface area contributed by atoms with Crippen LogP contribution in [0, 0.1) is 0 Å². The Hall–Kier alpha value is -2.07. The molecule has 0 fully saturated rings. The summed E-state index contributed by atoms with van der Waals surface area (Å²) >= 11 is 0. The summed E-state index contributed by atoms with van der Waals surface area (Å²) < 4.78 is 2.02. The van der Waals surface area contributed by atoms with Crippen LogP contribution in [0.4, 0.5) is 0 Å². The van der Waals surface area contributed by atoms with E-state index in [2.05, 4.69) is 15.0 Å². The molecule has 2 N–H and O–H groups in total. The van der Waals surface area contributed by atoms with Gasteiger partial charge in [-0.1, -0.05) is 12.8 Å². The van der Waals surface area contributed by atoms with Crippen LogP contribution in [-0.2, 0) is 16.1 Å². The van der Waals surface area contributed by atoms with Crippen LogP contribution >= 0.6 is 0 Å². The highest BCUT2D eigenvalue weighted by Crippen LogP contribution is 1.99. The predicted octanol–water partition coefficient (Wildman–Crippen LogP) is 1.45. The molecule has 0 atom stereocenters. The van der Waals surface area contributed by atoms with Gasteiger partial charge in [0.2, 0.25) is 12.2 Å². The topological polar surface area (TPSA) is 103 Å². The van der Waals surface area contributed by atoms with E-state index in [1.807, 2.05) is 10.8 Å². The predicted molar refractivity (Wildman–Crippen MR) is 80.3 cm³/mol. The maximum atomic E-state index is 9.63. The zero-order valence-electron chi connectivity index (χ0n) is 12.3. The van der Waals surface area contributed by atoms with E-state index in [-0.39, 0.29) is 0 Å². The molecule has 0 unspecified atom stereocenters. The first-order valence-corrected chi connectivity index (χ1v) is 7.08. The number of nitrogens with zero attached hydrogens (tertiary/aromatic N) is 4. The molecule has 0 aliphatic carbocycles. The summed E-state index contributed by atoms with van der Waals surface area (Å²) in [6.45, 7) is 2.84. The molecule has 0 saturated carbocycles. The van der Waals surface area contributed by atoms with Gasteiger partial charge in [0.25, 0.3) is 0 Å². The smallest absolute Gasteiger partial charge is 0.234 e. The van der Waals surface area contributed by atoms with Gasteiger partial charge in [0.15, 0.2) is 0 Å². The molecule has 0 aromatic carbocycles. The quantitative estimate of drug-likeness (QED) is 0.400. The number of carbonyl (C=O) groups excluding carboxylic acids is 2. The van der Waals surface area contributed by atoms with Crippen LogP contribution in [0.1, 0.15) is 32.1 Å². The fraction of sp³-hybridized carbons (Fsp3) is 0.643. The number of hydrogen-bond acceptors (Lipinski definition) is 6. The fourth-order valence-electron chi connectivity index (χ4n) is 1.52. The van der Waals surface area contributed by atoms with Crippen LogP contribution in [0.5, 0.6) is 0 Å². The number of unbranched alkanes of at least 4 members (excludes halogenated alkanes) is 3. The van der Waals surface area contributed by atoms with Gasteiger partial charge in [-0.05, 0) is 25.8 Å². The molecule has 0 amide bonds. The molecular formula is C14H23N5O2. The van der Waals surface area contributed by atoms with Crippen molar-refractivity contribution in [2.75, 3.05) is 19.6 Å². The van der Waals surface area contributed by atoms with Gasteiger partial charge < -0.3 is 10.3 Å². The minimum absolute atomic E-state index is 0.556. The van der Waals surface area contributed by atoms with Gasteiger partial charge in [0, 0.05) is 18.9 Å². The summed E-state index contributed by atoms with van der Waals surface area (Å²) in [7, 11) is 0. The van der Waals surface area contributed by atoms with Gasteiger partial charge in [-0.25, -0.2) is 24.6 Å². The number of imidazole rings is 1. The molecule has 7 nitrogen and oxygen atoms in total. The molecule has 1 aromatic heterocycles. The van der Waals surface area contributed by atoms with E-state index in [1.165, 1.54) is 12.2 Å². The van der Waals surface area contributed by atoms with E-state index >= 15 is 0 Å². The van der Waals surface area contributed by atoms with E-state index in [4.69, 9.17) is 5.73 Å². The standard InChI is InChI=1S/C8H12N2O2.C6H11N3/c11-7-9-5-3-1-2-4-6-10-8-12;7-2-1-4-9-5-3-8-6-9/h1-6H2;3,5-6H,1-2,4,7H2. The van der Waals surface area contributed by atoms with Gasteiger partial charge in [0.05, 0.1) is 19.4 Å². The van der Waals surface area contributed by atoms with Gasteiger partial charge in [-0.3, -0.25) is 0 Å². The maximum Gasteiger partial charge on any atom is 0.234 e. The minimum atomic E-state index is 0.556. The minimum Gasteiger partial charge on any atom is -0.337 e. The van der Waals surface area contributed by atoms with Crippen molar-refractivity contribution in [1.82, 2.24) is 9.55 Å². The summed E-state index contributed by atoms with van der Waals surface area (Å²) in [5, 5.41) is 0. The van der Waals surface area contributed by atoms with Crippen LogP contribution in [0.25, 0.3) is 0 Å². The van der Waals surface area contributed by atoms with Crippen molar-refractivity contribution in [3.8, 4) is 0 Å². The Morgan fingerprint density at radius 1 is 1.00 bits per heavy atom. The molecule has 1 rings (SSSR count). The summed E-state index contributed by atoms with van der Waals surface area (Å²) in [5.41, 5.74) is 5.31. The van der Waals surface area contributed by atoms with Crippen molar-refractivity contribution in [2.24, 2.45) is 15.7 Å². The average Bonchev–Trinajstić information content (AvgIpc) is 3.02. The maximum absolute atomic E-state index is 9.63. The summed E-state index contributed by atoms with van der Waals surface area (Å²) in [4.78, 5) is 30.0. The number of aromatic nitrogens is 2. The van der Waals surface area contributed by atoms with Crippen LogP contribution in [0.15, 0.2) is 28.7 Å². The Morgan fingerprint density at radius 3 is 2.05 bits per heavy atom. The van der Waals surface area contributed by atoms with E-state index in [1.54, 1.807) is 12.5 Å². The Labute approximate surface area is 125 Å². The lowest BCUT2D eigenvalue weighted by Gasteiger charge is -1.96. The molecule has 1 heterocycles. The molecule has 0 radical (unpaired) electrons. The highest BCUT2D eigenvalue weighted by Gasteiger charge is 1.88. The van der Waals surface area contributed by atoms with E-state index in [9.17, 15) is 9.59 Å². The Balaban J connectivity index is 0.000000394. The number of isocyanates is 2. The highest BCUT2D eigenvalue weighted by molar-refractivity contribution is 5.32. The lowest BCUT2D eigenvalue weighted by Crippen LogP contribution is -2.03. The van der Waals surface area contributed by atoms with Gasteiger partial charge >= 0.3 is 0 Å². The molecule has 116 valence electrons. The molecule has 0 spiro atoms. The van der Waals surface area contributed by atoms with Crippen LogP contribution in [-0.4, -0.2) is 41.3 Å². The van der Waals surface area contributed by atoms with Crippen molar-refractivity contribution in [1.29, 1.82) is 0 Å². The first-order valence-electron chi connectivity index (χ1n) is 7.08. The van der Waals surface area contributed by atoms with Gasteiger partial charge in [0.1, 0.15) is 0 Å². The van der Waals surface area contributed by atoms with Crippen LogP contribution in [0.2, 0.25) is 0 Å². The van der Waals surface area contributed by atoms with E-state index < -0.39 is 0 Å². The highest BCUT2D eigenvalue weighted by atomic mass is 16.1. The van der Waals surface area contributed by atoms with Crippen molar-refractivity contribution < 1.29 is 9.59 Å². The normalized spacial score (nSPS) is 9.00. The third-order valence-electron chi connectivity index (χ3n) is 2.60. The Bertz CT molecular complexity index is 399. The zero-order valence-corrected chi connectivity index (χ0v) is 12.3. The number of hydrogen-bond donors (Lipinski definition) is 1. The molecule has 21 heavy (non-hydrogen) atoms. The molecule has 1 aromatic rings. The van der Waals surface area contributed by atoms with Crippen molar-refractivity contribution in [3.05, 3.63) is 18.7 Å². The Kier molecular flexibility index (Phi) is 14.4. The molecule has 0 aliphatic rings. The number of rotatable bonds is 10. The summed E-state index contributed by atoms with van der Waals surface area (Å²) in [6, 6.07) is 0. The van der Waals surface area contributed by atoms with E-state index in [0.717, 1.165) is 45.2 Å². The third kappa shape index (κ3) is 14.2. The summed E-state index contributed by atoms with van der Waals surface area (Å²) in [6.07, 6.45) is 13.3. The first-order chi connectivity index (χ1) is 10.3. The molecule has 0 bridgehead atoms. The lowest BCUT2D eigenvalue weighted by atomic mass is 10.2. The lowest BCUT2D eigenvalue weighted by molar-refractivity contribution is 0.558. The largest absolute Gasteiger partial charge is 0.337 e. The number of aryl methyl sites for hydroxylation is 1. The number of nitrogens with two attached hydrogens (primary N) is 1. The van der Waals surface area contributed by atoms with Crippen LogP contribution < -0.4 is 5.73 Å². The van der Waals surface area contributed by atoms with Crippen LogP contribution in [0.3, 0.4) is 0 Å². The van der Waals surface area contributed by atoms with Gasteiger partial charge in [-0.2, -0.15) is 0 Å². The SMILES string of the molecule is NCCCn1ccnc1.O=C=NCCCCCCN=C=O. The van der Waals surface area contributed by atoms with E-state index in [0.29, 0.717) is 13.1 Å². The first kappa shape index (κ1) is 18.9. The van der Waals surface area contributed by atoms with Crippen molar-refractivity contribution in [3.63, 3.8) is 0 Å². The molecule has 0 aliphatic heterocycles. The molecule has 7 heteroatoms. The molecular weight excluding hydrogens is 270 g/mol. The second-order valence-electron chi connectivity index (χ2n) is 4.30. The summed E-state index contributed by atoms with van der Waals surface area (Å²) in [5.74, 6) is 0. The Morgan fingerprint density at radius 2 is 1.62 bits per heavy atom. The zero-order chi connectivity index (χ0) is 15.6. The second-order valence-corrected chi connectivity index (χ2v) is 4.30. The fourth-order valence-corrected chi connectivity index (χ4v) is 1.52. The number of aliphatic imine (C=N–C) groups is 2. The molecule has 0 saturated heterocycles. The third-order valence-corrected chi connectivity index (χ3v) is 2.60. The van der Waals surface area contributed by atoms with Crippen molar-refractivity contribution in [2.45, 2.75) is 38.6 Å². The second kappa shape index (κ2) is 16.0.